The van der Waals surface area contributed by atoms with Crippen molar-refractivity contribution in [1.82, 2.24) is 0 Å². The molecule has 1 aliphatic heterocycles. The maximum Gasteiger partial charge on any atom is 0.294 e. The lowest BCUT2D eigenvalue weighted by atomic mass is 9.56. The first-order valence-electron chi connectivity index (χ1n) is 13.3. The van der Waals surface area contributed by atoms with Crippen molar-refractivity contribution in [2.24, 2.45) is 5.41 Å². The van der Waals surface area contributed by atoms with Gasteiger partial charge in [0.2, 0.25) is 5.91 Å². The summed E-state index contributed by atoms with van der Waals surface area (Å²) >= 11 is 0. The van der Waals surface area contributed by atoms with E-state index in [9.17, 15) is 32.4 Å². The molecule has 4 aromatic rings. The molecular weight excluding hydrogens is 545 g/mol. The zero-order chi connectivity index (χ0) is 29.0. The number of amides is 1. The van der Waals surface area contributed by atoms with Crippen LogP contribution in [0.2, 0.25) is 0 Å². The molecule has 3 N–H and O–H groups in total. The van der Waals surface area contributed by atoms with Crippen LogP contribution in [0.25, 0.3) is 11.1 Å². The van der Waals surface area contributed by atoms with E-state index in [1.165, 1.54) is 36.4 Å². The number of aliphatic hydroxyl groups is 1. The normalized spacial score (nSPS) is 24.3. The van der Waals surface area contributed by atoms with Gasteiger partial charge in [0.25, 0.3) is 10.1 Å². The third-order valence-electron chi connectivity index (χ3n) is 8.62. The second kappa shape index (κ2) is 9.80. The Bertz CT molecular complexity index is 1710. The average molecular weight is 574 g/mol. The summed E-state index contributed by atoms with van der Waals surface area (Å²) in [5, 5.41) is 22.7. The largest absolute Gasteiger partial charge is 0.508 e. The Labute approximate surface area is 237 Å². The predicted octanol–water partition coefficient (Wildman–Crippen LogP) is 5.98. The van der Waals surface area contributed by atoms with Crippen molar-refractivity contribution in [3.63, 3.8) is 0 Å². The summed E-state index contributed by atoms with van der Waals surface area (Å²) < 4.78 is 45.8. The molecule has 210 valence electrons. The number of phenolic OH excluding ortho intramolecular Hbond substituents is 1. The number of carbonyl (C=O) groups is 1. The number of hydrogen-bond donors (Lipinski definition) is 3. The maximum atomic E-state index is 13.9. The molecule has 41 heavy (non-hydrogen) atoms. The SMILES string of the molecule is O=C1N(c2ccc(F)cc2)[C@H](c2ccc(-c3ccc(S(=O)(=O)O)cc3)cc2O)C12CCC(O)(c1ccccc1)CC2. The zero-order valence-corrected chi connectivity index (χ0v) is 22.8. The Morgan fingerprint density at radius 1 is 0.805 bits per heavy atom. The molecule has 1 atom stereocenters. The van der Waals surface area contributed by atoms with Crippen molar-refractivity contribution >= 4 is 21.7 Å². The van der Waals surface area contributed by atoms with Crippen LogP contribution in [0.15, 0.2) is 102 Å². The summed E-state index contributed by atoms with van der Waals surface area (Å²) in [6, 6.07) is 25.2. The lowest BCUT2D eigenvalue weighted by Gasteiger charge is -2.59. The molecule has 1 aliphatic carbocycles. The van der Waals surface area contributed by atoms with Crippen molar-refractivity contribution in [3.8, 4) is 16.9 Å². The van der Waals surface area contributed by atoms with Crippen LogP contribution in [-0.4, -0.2) is 29.1 Å². The van der Waals surface area contributed by atoms with E-state index in [1.807, 2.05) is 30.3 Å². The summed E-state index contributed by atoms with van der Waals surface area (Å²) in [5.41, 5.74) is 1.17. The van der Waals surface area contributed by atoms with Gasteiger partial charge in [-0.3, -0.25) is 9.35 Å². The highest BCUT2D eigenvalue weighted by molar-refractivity contribution is 7.85. The Balaban J connectivity index is 1.36. The fourth-order valence-corrected chi connectivity index (χ4v) is 6.85. The Hall–Kier alpha value is -4.05. The van der Waals surface area contributed by atoms with Crippen molar-refractivity contribution < 1.29 is 32.4 Å². The number of phenols is 1. The smallest absolute Gasteiger partial charge is 0.294 e. The first kappa shape index (κ1) is 27.1. The number of hydrogen-bond acceptors (Lipinski definition) is 5. The first-order chi connectivity index (χ1) is 19.5. The molecule has 1 spiro atoms. The van der Waals surface area contributed by atoms with Crippen LogP contribution in [0.4, 0.5) is 10.1 Å². The van der Waals surface area contributed by atoms with Crippen LogP contribution in [0.3, 0.4) is 0 Å². The molecule has 2 fully saturated rings. The summed E-state index contributed by atoms with van der Waals surface area (Å²) in [4.78, 5) is 15.2. The van der Waals surface area contributed by atoms with E-state index in [0.717, 1.165) is 5.56 Å². The molecule has 0 aromatic heterocycles. The monoisotopic (exact) mass is 573 g/mol. The van der Waals surface area contributed by atoms with Gasteiger partial charge in [0.05, 0.1) is 22.0 Å². The molecule has 4 aromatic carbocycles. The van der Waals surface area contributed by atoms with E-state index < -0.39 is 33.0 Å². The van der Waals surface area contributed by atoms with Crippen LogP contribution >= 0.6 is 0 Å². The fourth-order valence-electron chi connectivity index (χ4n) is 6.37. The van der Waals surface area contributed by atoms with Crippen LogP contribution in [0.1, 0.15) is 42.9 Å². The zero-order valence-electron chi connectivity index (χ0n) is 21.9. The van der Waals surface area contributed by atoms with Crippen molar-refractivity contribution in [1.29, 1.82) is 0 Å². The quantitative estimate of drug-likeness (QED) is 0.200. The molecular formula is C32H28FNO6S. The second-order valence-corrected chi connectivity index (χ2v) is 12.3. The Kier molecular flexibility index (Phi) is 6.48. The highest BCUT2D eigenvalue weighted by atomic mass is 32.2. The second-order valence-electron chi connectivity index (χ2n) is 10.9. The van der Waals surface area contributed by atoms with Crippen LogP contribution in [0.5, 0.6) is 5.75 Å². The fraction of sp³-hybridized carbons (Fsp3) is 0.219. The van der Waals surface area contributed by atoms with Gasteiger partial charge in [0.15, 0.2) is 0 Å². The number of nitrogens with zero attached hydrogens (tertiary/aromatic N) is 1. The van der Waals surface area contributed by atoms with Gasteiger partial charge < -0.3 is 15.1 Å². The number of anilines is 1. The minimum atomic E-state index is -4.33. The number of benzene rings is 4. The van der Waals surface area contributed by atoms with Crippen molar-refractivity contribution in [3.05, 3.63) is 114 Å². The minimum Gasteiger partial charge on any atom is -0.508 e. The van der Waals surface area contributed by atoms with Gasteiger partial charge >= 0.3 is 0 Å². The number of β-lactam (4-membered cyclic amide) rings is 1. The number of halogens is 1. The number of aromatic hydroxyl groups is 1. The van der Waals surface area contributed by atoms with Gasteiger partial charge in [-0.15, -0.1) is 0 Å². The predicted molar refractivity (Wildman–Crippen MR) is 151 cm³/mol. The van der Waals surface area contributed by atoms with Gasteiger partial charge in [-0.2, -0.15) is 8.42 Å². The summed E-state index contributed by atoms with van der Waals surface area (Å²) in [6.07, 6.45) is 1.54. The van der Waals surface area contributed by atoms with E-state index >= 15 is 0 Å². The molecule has 9 heteroatoms. The topological polar surface area (TPSA) is 115 Å². The van der Waals surface area contributed by atoms with Crippen LogP contribution in [-0.2, 0) is 20.5 Å². The molecule has 6 rings (SSSR count). The molecule has 1 amide bonds. The van der Waals surface area contributed by atoms with Gasteiger partial charge in [0, 0.05) is 11.3 Å². The molecule has 1 saturated heterocycles. The van der Waals surface area contributed by atoms with Crippen LogP contribution < -0.4 is 4.90 Å². The molecule has 2 aliphatic rings. The van der Waals surface area contributed by atoms with Crippen molar-refractivity contribution in [2.45, 2.75) is 42.2 Å². The van der Waals surface area contributed by atoms with E-state index in [-0.39, 0.29) is 16.6 Å². The molecule has 1 heterocycles. The lowest BCUT2D eigenvalue weighted by Crippen LogP contribution is -2.65. The third-order valence-corrected chi connectivity index (χ3v) is 9.49. The summed E-state index contributed by atoms with van der Waals surface area (Å²) in [6.45, 7) is 0. The van der Waals surface area contributed by atoms with E-state index in [2.05, 4.69) is 0 Å². The van der Waals surface area contributed by atoms with Gasteiger partial charge in [-0.25, -0.2) is 4.39 Å². The minimum absolute atomic E-state index is 0.0470. The molecule has 0 unspecified atom stereocenters. The lowest BCUT2D eigenvalue weighted by molar-refractivity contribution is -0.149. The van der Waals surface area contributed by atoms with Crippen molar-refractivity contribution in [2.75, 3.05) is 4.90 Å². The van der Waals surface area contributed by atoms with E-state index in [0.29, 0.717) is 48.1 Å². The molecule has 7 nitrogen and oxygen atoms in total. The average Bonchev–Trinajstić information content (AvgIpc) is 2.97. The summed E-state index contributed by atoms with van der Waals surface area (Å²) in [5.74, 6) is -0.603. The third kappa shape index (κ3) is 4.60. The molecule has 0 bridgehead atoms. The Morgan fingerprint density at radius 3 is 2.00 bits per heavy atom. The highest BCUT2D eigenvalue weighted by Gasteiger charge is 2.64. The maximum absolute atomic E-state index is 13.9. The standard InChI is InChI=1S/C32H28FNO6S/c33-24-9-11-25(12-10-24)34-29(31(30(34)36)16-18-32(37,19-17-31)23-4-2-1-3-5-23)27-15-8-22(20-28(27)35)21-6-13-26(14-7-21)41(38,39)40/h1-15,20,29,35,37H,16-19H2,(H,38,39,40)/t29-,31?,32?/m1/s1. The molecule has 1 saturated carbocycles. The van der Waals surface area contributed by atoms with E-state index in [4.69, 9.17) is 0 Å². The summed E-state index contributed by atoms with van der Waals surface area (Å²) in [7, 11) is -4.33. The van der Waals surface area contributed by atoms with E-state index in [1.54, 1.807) is 35.2 Å². The molecule has 0 radical (unpaired) electrons. The van der Waals surface area contributed by atoms with Gasteiger partial charge in [-0.05, 0) is 84.8 Å². The first-order valence-corrected chi connectivity index (χ1v) is 14.7. The van der Waals surface area contributed by atoms with Crippen LogP contribution in [0, 0.1) is 11.2 Å². The number of rotatable bonds is 5. The Morgan fingerprint density at radius 2 is 1.41 bits per heavy atom. The van der Waals surface area contributed by atoms with Gasteiger partial charge in [0.1, 0.15) is 11.6 Å². The number of carbonyl (C=O) groups excluding carboxylic acids is 1. The van der Waals surface area contributed by atoms with Gasteiger partial charge in [-0.1, -0.05) is 54.6 Å². The highest BCUT2D eigenvalue weighted by Crippen LogP contribution is 2.62.